The summed E-state index contributed by atoms with van der Waals surface area (Å²) in [5.74, 6) is 0. The third-order valence-corrected chi connectivity index (χ3v) is 0.312. The summed E-state index contributed by atoms with van der Waals surface area (Å²) in [5, 5.41) is 25.5. The third kappa shape index (κ3) is 3.63. The molecule has 0 amide bonds. The standard InChI is InChI=1S/C3HN3O.Na.H/c4-1-3(2-5)6-7;;/h7H;;. The molecule has 0 aromatic heterocycles. The quantitative estimate of drug-likeness (QED) is 0.196. The van der Waals surface area contributed by atoms with Crippen molar-refractivity contribution in [1.29, 1.82) is 10.5 Å². The van der Waals surface area contributed by atoms with Crippen LogP contribution in [0.4, 0.5) is 0 Å². The second-order valence-electron chi connectivity index (χ2n) is 0.672. The summed E-state index contributed by atoms with van der Waals surface area (Å²) < 4.78 is 0. The molecule has 0 aromatic carbocycles. The minimum absolute atomic E-state index is 0. The SMILES string of the molecule is N#CC(C#N)=NO.[NaH]. The predicted molar refractivity (Wildman–Crippen MR) is 27.6 cm³/mol. The molecule has 0 spiro atoms. The molecule has 8 heavy (non-hydrogen) atoms. The Hall–Kier alpha value is -0.550. The number of oxime groups is 1. The van der Waals surface area contributed by atoms with Gasteiger partial charge in [0.05, 0.1) is 0 Å². The summed E-state index contributed by atoms with van der Waals surface area (Å²) in [6.07, 6.45) is 0. The van der Waals surface area contributed by atoms with Gasteiger partial charge in [-0.15, -0.1) is 0 Å². The first kappa shape index (κ1) is 10.4. The zero-order valence-corrected chi connectivity index (χ0v) is 3.29. The minimum atomic E-state index is -0.528. The first-order chi connectivity index (χ1) is 3.35. The number of nitrogens with zero attached hydrogens (tertiary/aromatic N) is 3. The van der Waals surface area contributed by atoms with Gasteiger partial charge in [-0.25, -0.2) is 0 Å². The molecule has 0 aromatic rings. The molecule has 0 saturated carbocycles. The van der Waals surface area contributed by atoms with Gasteiger partial charge >= 0.3 is 29.6 Å². The summed E-state index contributed by atoms with van der Waals surface area (Å²) in [7, 11) is 0. The van der Waals surface area contributed by atoms with E-state index in [0.29, 0.717) is 0 Å². The molecule has 0 unspecified atom stereocenters. The topological polar surface area (TPSA) is 80.2 Å². The molecule has 0 aliphatic heterocycles. The van der Waals surface area contributed by atoms with E-state index < -0.39 is 5.71 Å². The van der Waals surface area contributed by atoms with E-state index in [2.05, 4.69) is 5.16 Å². The molecule has 0 bridgehead atoms. The molecule has 0 aliphatic rings. The van der Waals surface area contributed by atoms with Gasteiger partial charge in [0.1, 0.15) is 12.1 Å². The van der Waals surface area contributed by atoms with E-state index >= 15 is 0 Å². The van der Waals surface area contributed by atoms with Gasteiger partial charge in [-0.2, -0.15) is 10.5 Å². The summed E-state index contributed by atoms with van der Waals surface area (Å²) >= 11 is 0. The zero-order chi connectivity index (χ0) is 5.70. The van der Waals surface area contributed by atoms with Crippen LogP contribution in [0, 0.1) is 22.7 Å². The van der Waals surface area contributed by atoms with Crippen molar-refractivity contribution in [1.82, 2.24) is 0 Å². The van der Waals surface area contributed by atoms with Gasteiger partial charge in [-0.05, 0) is 0 Å². The molecule has 0 radical (unpaired) electrons. The van der Waals surface area contributed by atoms with Crippen molar-refractivity contribution in [2.75, 3.05) is 0 Å². The molecule has 0 saturated heterocycles. The summed E-state index contributed by atoms with van der Waals surface area (Å²) in [4.78, 5) is 0. The monoisotopic (exact) mass is 119 g/mol. The van der Waals surface area contributed by atoms with Crippen LogP contribution in [-0.4, -0.2) is 40.5 Å². The van der Waals surface area contributed by atoms with Crippen LogP contribution in [0.5, 0.6) is 0 Å². The van der Waals surface area contributed by atoms with E-state index in [9.17, 15) is 0 Å². The van der Waals surface area contributed by atoms with Crippen molar-refractivity contribution in [2.45, 2.75) is 0 Å². The number of nitriles is 2. The Morgan fingerprint density at radius 3 is 1.75 bits per heavy atom. The number of hydrogen-bond donors (Lipinski definition) is 1. The van der Waals surface area contributed by atoms with Gasteiger partial charge < -0.3 is 5.21 Å². The van der Waals surface area contributed by atoms with Gasteiger partial charge in [0.2, 0.25) is 0 Å². The molecule has 0 heterocycles. The Morgan fingerprint density at radius 1 is 1.38 bits per heavy atom. The molecular formula is C3H2N3NaO. The Bertz CT molecular complexity index is 146. The molecule has 0 atom stereocenters. The number of hydrogen-bond acceptors (Lipinski definition) is 4. The fourth-order valence-corrected chi connectivity index (χ4v) is 0.0697. The first-order valence-corrected chi connectivity index (χ1v) is 1.37. The Kier molecular flexibility index (Phi) is 8.41. The normalized spacial score (nSPS) is 4.75. The van der Waals surface area contributed by atoms with E-state index in [-0.39, 0.29) is 29.6 Å². The van der Waals surface area contributed by atoms with Crippen LogP contribution in [0.15, 0.2) is 5.16 Å². The molecule has 0 rings (SSSR count). The molecular weight excluding hydrogens is 117 g/mol. The van der Waals surface area contributed by atoms with Gasteiger partial charge in [-0.3, -0.25) is 0 Å². The van der Waals surface area contributed by atoms with E-state index in [4.69, 9.17) is 15.7 Å². The average molecular weight is 119 g/mol. The molecule has 5 heteroatoms. The maximum absolute atomic E-state index is 7.76. The van der Waals surface area contributed by atoms with Crippen molar-refractivity contribution in [3.05, 3.63) is 0 Å². The predicted octanol–water partition coefficient (Wildman–Crippen LogP) is -0.785. The van der Waals surface area contributed by atoms with Gasteiger partial charge in [0.15, 0.2) is 0 Å². The van der Waals surface area contributed by atoms with E-state index in [1.54, 1.807) is 0 Å². The van der Waals surface area contributed by atoms with Crippen LogP contribution in [0.3, 0.4) is 0 Å². The Labute approximate surface area is 68.3 Å². The molecule has 0 fully saturated rings. The summed E-state index contributed by atoms with van der Waals surface area (Å²) in [6, 6.07) is 2.68. The van der Waals surface area contributed by atoms with Crippen LogP contribution in [-0.2, 0) is 0 Å². The van der Waals surface area contributed by atoms with Crippen molar-refractivity contribution < 1.29 is 5.21 Å². The summed E-state index contributed by atoms with van der Waals surface area (Å²) in [5.41, 5.74) is -0.528. The van der Waals surface area contributed by atoms with E-state index in [0.717, 1.165) is 0 Å². The second kappa shape index (κ2) is 6.45. The molecule has 4 nitrogen and oxygen atoms in total. The van der Waals surface area contributed by atoms with Crippen molar-refractivity contribution in [3.63, 3.8) is 0 Å². The molecule has 36 valence electrons. The molecule has 1 N–H and O–H groups in total. The Balaban J connectivity index is 0. The zero-order valence-electron chi connectivity index (χ0n) is 3.29. The van der Waals surface area contributed by atoms with Gasteiger partial charge in [0, 0.05) is 0 Å². The van der Waals surface area contributed by atoms with Gasteiger partial charge in [0.25, 0.3) is 5.71 Å². The first-order valence-electron chi connectivity index (χ1n) is 1.37. The average Bonchev–Trinajstić information content (AvgIpc) is 1.72. The van der Waals surface area contributed by atoms with E-state index in [1.807, 2.05) is 0 Å². The fraction of sp³-hybridized carbons (Fsp3) is 0. The van der Waals surface area contributed by atoms with Crippen LogP contribution in [0.2, 0.25) is 0 Å². The third-order valence-electron chi connectivity index (χ3n) is 0.312. The van der Waals surface area contributed by atoms with Crippen LogP contribution in [0.25, 0.3) is 0 Å². The van der Waals surface area contributed by atoms with Crippen molar-refractivity contribution in [3.8, 4) is 12.1 Å². The Morgan fingerprint density at radius 2 is 1.75 bits per heavy atom. The maximum atomic E-state index is 7.76. The fourth-order valence-electron chi connectivity index (χ4n) is 0.0697. The van der Waals surface area contributed by atoms with E-state index in [1.165, 1.54) is 12.1 Å². The van der Waals surface area contributed by atoms with Gasteiger partial charge in [-0.1, -0.05) is 5.16 Å². The van der Waals surface area contributed by atoms with Crippen LogP contribution < -0.4 is 0 Å². The van der Waals surface area contributed by atoms with Crippen LogP contribution in [0.1, 0.15) is 0 Å². The number of rotatable bonds is 0. The summed E-state index contributed by atoms with van der Waals surface area (Å²) in [6.45, 7) is 0. The second-order valence-corrected chi connectivity index (χ2v) is 0.672. The van der Waals surface area contributed by atoms with Crippen molar-refractivity contribution in [2.24, 2.45) is 5.16 Å². The van der Waals surface area contributed by atoms with Crippen molar-refractivity contribution >= 4 is 35.3 Å². The van der Waals surface area contributed by atoms with Crippen LogP contribution >= 0.6 is 0 Å². The molecule has 0 aliphatic carbocycles.